The van der Waals surface area contributed by atoms with E-state index in [2.05, 4.69) is 28.5 Å². The van der Waals surface area contributed by atoms with Gasteiger partial charge in [0.2, 0.25) is 0 Å². The average Bonchev–Trinajstić information content (AvgIpc) is 3.01. The van der Waals surface area contributed by atoms with Crippen molar-refractivity contribution in [3.63, 3.8) is 0 Å². The van der Waals surface area contributed by atoms with Gasteiger partial charge in [-0.15, -0.1) is 0 Å². The van der Waals surface area contributed by atoms with Crippen LogP contribution in [0.25, 0.3) is 10.9 Å². The summed E-state index contributed by atoms with van der Waals surface area (Å²) in [5, 5.41) is 14.3. The molecule has 0 aliphatic rings. The van der Waals surface area contributed by atoms with Crippen LogP contribution in [0.4, 0.5) is 0 Å². The van der Waals surface area contributed by atoms with E-state index in [0.717, 1.165) is 23.3 Å². The highest BCUT2D eigenvalue weighted by atomic mass is 16.5. The molecule has 0 saturated carbocycles. The fourth-order valence-electron chi connectivity index (χ4n) is 2.81. The number of para-hydroxylation sites is 1. The van der Waals surface area contributed by atoms with Crippen molar-refractivity contribution in [1.29, 1.82) is 0 Å². The number of fused-ring (bicyclic) bond motifs is 1. The third kappa shape index (κ3) is 3.73. The van der Waals surface area contributed by atoms with Gasteiger partial charge < -0.3 is 20.1 Å². The van der Waals surface area contributed by atoms with Crippen molar-refractivity contribution in [2.24, 2.45) is 0 Å². The van der Waals surface area contributed by atoms with Crippen molar-refractivity contribution in [2.45, 2.75) is 19.0 Å². The van der Waals surface area contributed by atoms with Crippen molar-refractivity contribution >= 4 is 10.9 Å². The molecule has 1 aromatic heterocycles. The number of aromatic nitrogens is 1. The SMILES string of the molecule is COc1cccc(CN[C@H](CO)Cc2c[nH]c3ccccc23)c1. The van der Waals surface area contributed by atoms with Crippen LogP contribution in [0, 0.1) is 0 Å². The molecular weight excluding hydrogens is 288 g/mol. The lowest BCUT2D eigenvalue weighted by Crippen LogP contribution is -2.33. The maximum absolute atomic E-state index is 9.68. The second-order valence-electron chi connectivity index (χ2n) is 5.68. The van der Waals surface area contributed by atoms with Gasteiger partial charge in [-0.05, 0) is 35.7 Å². The lowest BCUT2D eigenvalue weighted by molar-refractivity contribution is 0.241. The number of aliphatic hydroxyl groups excluding tert-OH is 1. The van der Waals surface area contributed by atoms with Crippen LogP contribution in [0.15, 0.2) is 54.7 Å². The molecule has 0 amide bonds. The number of H-pyrrole nitrogens is 1. The minimum Gasteiger partial charge on any atom is -0.497 e. The number of nitrogens with one attached hydrogen (secondary N) is 2. The molecule has 0 aliphatic carbocycles. The Labute approximate surface area is 136 Å². The van der Waals surface area contributed by atoms with Gasteiger partial charge in [0.15, 0.2) is 0 Å². The first-order valence-corrected chi connectivity index (χ1v) is 7.82. The van der Waals surface area contributed by atoms with Gasteiger partial charge in [0.25, 0.3) is 0 Å². The number of benzene rings is 2. The summed E-state index contributed by atoms with van der Waals surface area (Å²) in [4.78, 5) is 3.28. The van der Waals surface area contributed by atoms with Crippen LogP contribution in [-0.2, 0) is 13.0 Å². The smallest absolute Gasteiger partial charge is 0.119 e. The molecule has 120 valence electrons. The molecule has 4 heteroatoms. The largest absolute Gasteiger partial charge is 0.497 e. The normalized spacial score (nSPS) is 12.4. The Kier molecular flexibility index (Phi) is 4.95. The van der Waals surface area contributed by atoms with Gasteiger partial charge in [0.05, 0.1) is 13.7 Å². The van der Waals surface area contributed by atoms with Gasteiger partial charge in [-0.25, -0.2) is 0 Å². The van der Waals surface area contributed by atoms with Gasteiger partial charge in [-0.2, -0.15) is 0 Å². The highest BCUT2D eigenvalue weighted by Crippen LogP contribution is 2.19. The topological polar surface area (TPSA) is 57.3 Å². The van der Waals surface area contributed by atoms with E-state index in [0.29, 0.717) is 6.54 Å². The van der Waals surface area contributed by atoms with E-state index in [9.17, 15) is 5.11 Å². The molecule has 3 N–H and O–H groups in total. The molecule has 1 heterocycles. The Balaban J connectivity index is 1.66. The Morgan fingerprint density at radius 3 is 2.87 bits per heavy atom. The molecule has 0 aliphatic heterocycles. The number of ether oxygens (including phenoxy) is 1. The van der Waals surface area contributed by atoms with Crippen LogP contribution in [0.3, 0.4) is 0 Å². The van der Waals surface area contributed by atoms with Crippen molar-refractivity contribution in [2.75, 3.05) is 13.7 Å². The van der Waals surface area contributed by atoms with E-state index in [1.807, 2.05) is 36.5 Å². The Morgan fingerprint density at radius 1 is 1.17 bits per heavy atom. The minimum atomic E-state index is 0.0143. The summed E-state index contributed by atoms with van der Waals surface area (Å²) in [5.41, 5.74) is 3.49. The maximum Gasteiger partial charge on any atom is 0.119 e. The molecule has 3 aromatic rings. The molecule has 3 rings (SSSR count). The third-order valence-corrected chi connectivity index (χ3v) is 4.09. The van der Waals surface area contributed by atoms with Crippen molar-refractivity contribution in [3.8, 4) is 5.75 Å². The molecule has 0 saturated heterocycles. The highest BCUT2D eigenvalue weighted by Gasteiger charge is 2.11. The van der Waals surface area contributed by atoms with Crippen LogP contribution < -0.4 is 10.1 Å². The fraction of sp³-hybridized carbons (Fsp3) is 0.263. The average molecular weight is 310 g/mol. The van der Waals surface area contributed by atoms with Crippen LogP contribution >= 0.6 is 0 Å². The zero-order valence-corrected chi connectivity index (χ0v) is 13.3. The number of hydrogen-bond donors (Lipinski definition) is 3. The number of rotatable bonds is 7. The molecule has 0 fully saturated rings. The zero-order valence-electron chi connectivity index (χ0n) is 13.3. The highest BCUT2D eigenvalue weighted by molar-refractivity contribution is 5.83. The molecular formula is C19H22N2O2. The number of hydrogen-bond acceptors (Lipinski definition) is 3. The van der Waals surface area contributed by atoms with Crippen molar-refractivity contribution in [1.82, 2.24) is 10.3 Å². The monoisotopic (exact) mass is 310 g/mol. The van der Waals surface area contributed by atoms with Gasteiger partial charge in [-0.3, -0.25) is 0 Å². The summed E-state index contributed by atoms with van der Waals surface area (Å²) < 4.78 is 5.24. The standard InChI is InChI=1S/C19H22N2O2/c1-23-17-6-4-5-14(9-17)11-20-16(13-22)10-15-12-21-19-8-3-2-7-18(15)19/h2-9,12,16,20-22H,10-11,13H2,1H3/t16-/m0/s1. The summed E-state index contributed by atoms with van der Waals surface area (Å²) in [6, 6.07) is 16.2. The van der Waals surface area contributed by atoms with Crippen LogP contribution in [0.5, 0.6) is 5.75 Å². The minimum absolute atomic E-state index is 0.0143. The van der Waals surface area contributed by atoms with Crippen LogP contribution in [0.1, 0.15) is 11.1 Å². The number of methoxy groups -OCH3 is 1. The maximum atomic E-state index is 9.68. The summed E-state index contributed by atoms with van der Waals surface area (Å²) in [6.07, 6.45) is 2.81. The predicted octanol–water partition coefficient (Wildman–Crippen LogP) is 2.87. The van der Waals surface area contributed by atoms with E-state index < -0.39 is 0 Å². The second kappa shape index (κ2) is 7.31. The molecule has 0 unspecified atom stereocenters. The lowest BCUT2D eigenvalue weighted by Gasteiger charge is -2.16. The molecule has 23 heavy (non-hydrogen) atoms. The Hall–Kier alpha value is -2.30. The number of aliphatic hydroxyl groups is 1. The molecule has 0 radical (unpaired) electrons. The van der Waals surface area contributed by atoms with Crippen LogP contribution in [-0.4, -0.2) is 29.8 Å². The Bertz CT molecular complexity index is 767. The fourth-order valence-corrected chi connectivity index (χ4v) is 2.81. The van der Waals surface area contributed by atoms with E-state index in [4.69, 9.17) is 4.74 Å². The quantitative estimate of drug-likeness (QED) is 0.629. The molecule has 2 aromatic carbocycles. The lowest BCUT2D eigenvalue weighted by atomic mass is 10.1. The van der Waals surface area contributed by atoms with Crippen molar-refractivity contribution in [3.05, 3.63) is 65.9 Å². The van der Waals surface area contributed by atoms with Gasteiger partial charge in [-0.1, -0.05) is 30.3 Å². The number of aromatic amines is 1. The third-order valence-electron chi connectivity index (χ3n) is 4.09. The molecule has 4 nitrogen and oxygen atoms in total. The first kappa shape index (κ1) is 15.6. The first-order valence-electron chi connectivity index (χ1n) is 7.82. The summed E-state index contributed by atoms with van der Waals surface area (Å²) in [5.74, 6) is 0.849. The summed E-state index contributed by atoms with van der Waals surface area (Å²) in [6.45, 7) is 0.800. The summed E-state index contributed by atoms with van der Waals surface area (Å²) >= 11 is 0. The van der Waals surface area contributed by atoms with Crippen molar-refractivity contribution < 1.29 is 9.84 Å². The van der Waals surface area contributed by atoms with E-state index >= 15 is 0 Å². The van der Waals surface area contributed by atoms with E-state index in [-0.39, 0.29) is 12.6 Å². The summed E-state index contributed by atoms with van der Waals surface area (Å²) in [7, 11) is 1.67. The van der Waals surface area contributed by atoms with Gasteiger partial charge >= 0.3 is 0 Å². The van der Waals surface area contributed by atoms with E-state index in [1.165, 1.54) is 10.9 Å². The predicted molar refractivity (Wildman–Crippen MR) is 92.7 cm³/mol. The van der Waals surface area contributed by atoms with E-state index in [1.54, 1.807) is 7.11 Å². The molecule has 1 atom stereocenters. The first-order chi connectivity index (χ1) is 11.3. The molecule has 0 spiro atoms. The molecule has 0 bridgehead atoms. The Morgan fingerprint density at radius 2 is 2.04 bits per heavy atom. The second-order valence-corrected chi connectivity index (χ2v) is 5.68. The van der Waals surface area contributed by atoms with Gasteiger partial charge in [0, 0.05) is 29.7 Å². The van der Waals surface area contributed by atoms with Gasteiger partial charge in [0.1, 0.15) is 5.75 Å². The van der Waals surface area contributed by atoms with Crippen LogP contribution in [0.2, 0.25) is 0 Å². The zero-order chi connectivity index (χ0) is 16.1.